The highest BCUT2D eigenvalue weighted by Gasteiger charge is 2.22. The van der Waals surface area contributed by atoms with Crippen molar-refractivity contribution in [3.63, 3.8) is 0 Å². The van der Waals surface area contributed by atoms with Gasteiger partial charge in [-0.15, -0.1) is 0 Å². The number of ether oxygens (including phenoxy) is 1. The van der Waals surface area contributed by atoms with Gasteiger partial charge in [0.05, 0.1) is 12.6 Å². The van der Waals surface area contributed by atoms with Crippen molar-refractivity contribution in [2.75, 3.05) is 7.11 Å². The van der Waals surface area contributed by atoms with Crippen molar-refractivity contribution >= 4 is 16.9 Å². The van der Waals surface area contributed by atoms with Crippen LogP contribution in [0.25, 0.3) is 10.9 Å². The third-order valence-corrected chi connectivity index (χ3v) is 3.04. The van der Waals surface area contributed by atoms with Crippen molar-refractivity contribution in [3.8, 4) is 5.75 Å². The first-order valence-electron chi connectivity index (χ1n) is 5.74. The number of phenols is 1. The number of hydrogen-bond donors (Lipinski definition) is 2. The molecule has 0 aliphatic carbocycles. The molecule has 3 N–H and O–H groups in total. The second-order valence-electron chi connectivity index (χ2n) is 4.02. The van der Waals surface area contributed by atoms with E-state index in [1.807, 2.05) is 17.6 Å². The molecule has 0 aliphatic rings. The minimum Gasteiger partial charge on any atom is -0.507 e. The number of aromatic hydroxyl groups is 1. The maximum absolute atomic E-state index is 11.5. The van der Waals surface area contributed by atoms with E-state index >= 15 is 0 Å². The molecule has 0 saturated carbocycles. The van der Waals surface area contributed by atoms with Gasteiger partial charge in [0.15, 0.2) is 0 Å². The Hall–Kier alpha value is -2.01. The quantitative estimate of drug-likeness (QED) is 0.808. The summed E-state index contributed by atoms with van der Waals surface area (Å²) in [5, 5.41) is 10.5. The second kappa shape index (κ2) is 4.70. The fourth-order valence-electron chi connectivity index (χ4n) is 2.15. The molecular weight excluding hydrogens is 232 g/mol. The number of esters is 1. The average molecular weight is 248 g/mol. The number of fused-ring (bicyclic) bond motifs is 1. The van der Waals surface area contributed by atoms with E-state index in [2.05, 4.69) is 4.74 Å². The average Bonchev–Trinajstić information content (AvgIpc) is 2.76. The Morgan fingerprint density at radius 3 is 2.89 bits per heavy atom. The molecule has 96 valence electrons. The van der Waals surface area contributed by atoms with Crippen LogP contribution < -0.4 is 5.73 Å². The van der Waals surface area contributed by atoms with E-state index in [-0.39, 0.29) is 5.75 Å². The number of rotatable bonds is 3. The summed E-state index contributed by atoms with van der Waals surface area (Å²) in [6.07, 6.45) is 0. The highest BCUT2D eigenvalue weighted by molar-refractivity contribution is 5.89. The molecule has 0 amide bonds. The Morgan fingerprint density at radius 2 is 2.28 bits per heavy atom. The van der Waals surface area contributed by atoms with Crippen LogP contribution in [0.1, 0.15) is 18.7 Å². The van der Waals surface area contributed by atoms with E-state index in [0.29, 0.717) is 17.6 Å². The van der Waals surface area contributed by atoms with E-state index in [0.717, 1.165) is 5.52 Å². The van der Waals surface area contributed by atoms with Crippen molar-refractivity contribution in [2.45, 2.75) is 19.5 Å². The number of aromatic nitrogens is 1. The first-order chi connectivity index (χ1) is 8.60. The predicted molar refractivity (Wildman–Crippen MR) is 68.2 cm³/mol. The maximum Gasteiger partial charge on any atom is 0.328 e. The van der Waals surface area contributed by atoms with Gasteiger partial charge in [-0.2, -0.15) is 0 Å². The number of hydrogen-bond acceptors (Lipinski definition) is 4. The molecule has 0 bridgehead atoms. The lowest BCUT2D eigenvalue weighted by Crippen LogP contribution is -2.25. The lowest BCUT2D eigenvalue weighted by Gasteiger charge is -2.12. The van der Waals surface area contributed by atoms with Crippen LogP contribution in [0.3, 0.4) is 0 Å². The zero-order valence-electron chi connectivity index (χ0n) is 10.4. The molecule has 18 heavy (non-hydrogen) atoms. The van der Waals surface area contributed by atoms with Crippen molar-refractivity contribution in [1.82, 2.24) is 4.57 Å². The van der Waals surface area contributed by atoms with Gasteiger partial charge in [0, 0.05) is 17.6 Å². The number of methoxy groups -OCH3 is 1. The van der Waals surface area contributed by atoms with Crippen LogP contribution >= 0.6 is 0 Å². The van der Waals surface area contributed by atoms with E-state index < -0.39 is 12.0 Å². The summed E-state index contributed by atoms with van der Waals surface area (Å²) in [7, 11) is 1.30. The lowest BCUT2D eigenvalue weighted by atomic mass is 10.2. The third-order valence-electron chi connectivity index (χ3n) is 3.04. The number of carbonyl (C=O) groups excluding carboxylic acids is 1. The van der Waals surface area contributed by atoms with Gasteiger partial charge in [0.25, 0.3) is 0 Å². The SMILES string of the molecule is CCn1c(C(N)C(=O)OC)cc2c(O)cccc21. The van der Waals surface area contributed by atoms with Crippen LogP contribution in [0.4, 0.5) is 0 Å². The van der Waals surface area contributed by atoms with E-state index in [9.17, 15) is 9.90 Å². The van der Waals surface area contributed by atoms with Gasteiger partial charge < -0.3 is 20.1 Å². The fraction of sp³-hybridized carbons (Fsp3) is 0.308. The summed E-state index contributed by atoms with van der Waals surface area (Å²) < 4.78 is 6.55. The molecule has 0 aliphatic heterocycles. The van der Waals surface area contributed by atoms with Crippen LogP contribution in [0.2, 0.25) is 0 Å². The molecule has 5 nitrogen and oxygen atoms in total. The summed E-state index contributed by atoms with van der Waals surface area (Å²) in [4.78, 5) is 11.5. The molecular formula is C13H16N2O3. The summed E-state index contributed by atoms with van der Waals surface area (Å²) in [5.41, 5.74) is 7.36. The lowest BCUT2D eigenvalue weighted by molar-refractivity contribution is -0.142. The number of carbonyl (C=O) groups is 1. The molecule has 5 heteroatoms. The number of phenolic OH excluding ortho intramolecular Hbond substituents is 1. The molecule has 1 heterocycles. The molecule has 1 atom stereocenters. The molecule has 1 aromatic heterocycles. The minimum atomic E-state index is -0.846. The molecule has 2 rings (SSSR count). The normalized spacial score (nSPS) is 12.6. The Balaban J connectivity index is 2.64. The Labute approximate surface area is 105 Å². The van der Waals surface area contributed by atoms with Gasteiger partial charge in [0.1, 0.15) is 11.8 Å². The molecule has 0 spiro atoms. The van der Waals surface area contributed by atoms with Crippen LogP contribution in [0, 0.1) is 0 Å². The highest BCUT2D eigenvalue weighted by Crippen LogP contribution is 2.30. The largest absolute Gasteiger partial charge is 0.507 e. The Morgan fingerprint density at radius 1 is 1.56 bits per heavy atom. The molecule has 2 aromatic rings. The van der Waals surface area contributed by atoms with Crippen LogP contribution in [-0.4, -0.2) is 22.8 Å². The Bertz CT molecular complexity index is 589. The summed E-state index contributed by atoms with van der Waals surface area (Å²) in [6, 6.07) is 6.14. The molecule has 1 aromatic carbocycles. The van der Waals surface area contributed by atoms with Crippen molar-refractivity contribution in [3.05, 3.63) is 30.0 Å². The van der Waals surface area contributed by atoms with Gasteiger partial charge in [-0.3, -0.25) is 0 Å². The van der Waals surface area contributed by atoms with Crippen molar-refractivity contribution < 1.29 is 14.6 Å². The minimum absolute atomic E-state index is 0.179. The van der Waals surface area contributed by atoms with Crippen LogP contribution in [0.5, 0.6) is 5.75 Å². The van der Waals surface area contributed by atoms with Crippen molar-refractivity contribution in [2.24, 2.45) is 5.73 Å². The topological polar surface area (TPSA) is 77.5 Å². The first-order valence-corrected chi connectivity index (χ1v) is 5.74. The summed E-state index contributed by atoms with van der Waals surface area (Å²) in [5.74, 6) is -0.315. The smallest absolute Gasteiger partial charge is 0.328 e. The Kier molecular flexibility index (Phi) is 3.25. The van der Waals surface area contributed by atoms with Gasteiger partial charge in [-0.1, -0.05) is 6.07 Å². The molecule has 0 saturated heterocycles. The van der Waals surface area contributed by atoms with E-state index in [1.54, 1.807) is 18.2 Å². The van der Waals surface area contributed by atoms with Gasteiger partial charge in [-0.25, -0.2) is 4.79 Å². The predicted octanol–water partition coefficient (Wildman–Crippen LogP) is 1.54. The molecule has 1 unspecified atom stereocenters. The van der Waals surface area contributed by atoms with Gasteiger partial charge >= 0.3 is 5.97 Å². The monoisotopic (exact) mass is 248 g/mol. The van der Waals surface area contributed by atoms with Gasteiger partial charge in [0.2, 0.25) is 0 Å². The number of nitrogens with two attached hydrogens (primary N) is 1. The van der Waals surface area contributed by atoms with E-state index in [1.165, 1.54) is 7.11 Å². The fourth-order valence-corrected chi connectivity index (χ4v) is 2.15. The summed E-state index contributed by atoms with van der Waals surface area (Å²) in [6.45, 7) is 2.62. The van der Waals surface area contributed by atoms with Crippen LogP contribution in [-0.2, 0) is 16.1 Å². The highest BCUT2D eigenvalue weighted by atomic mass is 16.5. The summed E-state index contributed by atoms with van der Waals surface area (Å²) >= 11 is 0. The number of nitrogens with zero attached hydrogens (tertiary/aromatic N) is 1. The zero-order valence-corrected chi connectivity index (χ0v) is 10.4. The first kappa shape index (κ1) is 12.4. The maximum atomic E-state index is 11.5. The van der Waals surface area contributed by atoms with Crippen LogP contribution in [0.15, 0.2) is 24.3 Å². The number of benzene rings is 1. The third kappa shape index (κ3) is 1.82. The standard InChI is InChI=1S/C13H16N2O3/c1-3-15-9-5-4-6-11(16)8(9)7-10(15)12(14)13(17)18-2/h4-7,12,16H,3,14H2,1-2H3. The molecule has 0 radical (unpaired) electrons. The van der Waals surface area contributed by atoms with Crippen molar-refractivity contribution in [1.29, 1.82) is 0 Å². The second-order valence-corrected chi connectivity index (χ2v) is 4.02. The molecule has 0 fully saturated rings. The number of aryl methyl sites for hydroxylation is 1. The zero-order chi connectivity index (χ0) is 13.3. The van der Waals surface area contributed by atoms with Gasteiger partial charge in [-0.05, 0) is 25.1 Å². The van der Waals surface area contributed by atoms with E-state index in [4.69, 9.17) is 5.73 Å².